The van der Waals surface area contributed by atoms with Crippen molar-refractivity contribution in [1.29, 1.82) is 0 Å². The van der Waals surface area contributed by atoms with E-state index >= 15 is 0 Å². The number of benzene rings is 1. The number of hydrogen-bond acceptors (Lipinski definition) is 3. The third kappa shape index (κ3) is 3.12. The van der Waals surface area contributed by atoms with Crippen molar-refractivity contribution in [3.8, 4) is 0 Å². The molecule has 20 heavy (non-hydrogen) atoms. The van der Waals surface area contributed by atoms with Crippen molar-refractivity contribution in [2.75, 3.05) is 5.75 Å². The molecule has 1 aromatic heterocycles. The van der Waals surface area contributed by atoms with Crippen LogP contribution in [0.4, 0.5) is 0 Å². The molecule has 0 bridgehead atoms. The van der Waals surface area contributed by atoms with Gasteiger partial charge in [0.15, 0.2) is 5.16 Å². The highest BCUT2D eigenvalue weighted by Crippen LogP contribution is 2.40. The summed E-state index contributed by atoms with van der Waals surface area (Å²) in [5.41, 5.74) is 1.37. The molecule has 3 rings (SSSR count). The molecule has 1 fully saturated rings. The van der Waals surface area contributed by atoms with E-state index in [4.69, 9.17) is 0 Å². The zero-order chi connectivity index (χ0) is 13.8. The second kappa shape index (κ2) is 6.27. The van der Waals surface area contributed by atoms with Gasteiger partial charge in [0.1, 0.15) is 5.82 Å². The highest BCUT2D eigenvalue weighted by Gasteiger charge is 2.29. The lowest BCUT2D eigenvalue weighted by molar-refractivity contribution is 0.681. The highest BCUT2D eigenvalue weighted by molar-refractivity contribution is 7.99. The van der Waals surface area contributed by atoms with E-state index in [2.05, 4.69) is 51.7 Å². The number of hydrogen-bond donors (Lipinski definition) is 0. The summed E-state index contributed by atoms with van der Waals surface area (Å²) in [6.45, 7) is 4.65. The van der Waals surface area contributed by atoms with Gasteiger partial charge in [-0.05, 0) is 24.8 Å². The second-order valence-electron chi connectivity index (χ2n) is 5.10. The Hall–Kier alpha value is -1.55. The van der Waals surface area contributed by atoms with Gasteiger partial charge < -0.3 is 4.57 Å². The summed E-state index contributed by atoms with van der Waals surface area (Å²) in [5, 5.41) is 9.75. The standard InChI is InChI=1S/C16H19N3S/c1-2-11-19-15(14-8-9-14)17-18-16(19)20-12-10-13-6-4-3-5-7-13/h2-7,14H,1,8-12H2. The first kappa shape index (κ1) is 13.4. The second-order valence-corrected chi connectivity index (χ2v) is 6.16. The van der Waals surface area contributed by atoms with Crippen molar-refractivity contribution in [3.05, 3.63) is 54.4 Å². The Morgan fingerprint density at radius 1 is 1.25 bits per heavy atom. The average Bonchev–Trinajstić information content (AvgIpc) is 3.25. The largest absolute Gasteiger partial charge is 0.302 e. The molecule has 0 saturated heterocycles. The lowest BCUT2D eigenvalue weighted by Gasteiger charge is -2.06. The van der Waals surface area contributed by atoms with Crippen molar-refractivity contribution < 1.29 is 0 Å². The molecule has 0 amide bonds. The Bertz CT molecular complexity index is 573. The van der Waals surface area contributed by atoms with E-state index in [9.17, 15) is 0 Å². The van der Waals surface area contributed by atoms with Crippen LogP contribution in [0, 0.1) is 0 Å². The predicted molar refractivity (Wildman–Crippen MR) is 83.1 cm³/mol. The van der Waals surface area contributed by atoms with Gasteiger partial charge in [-0.3, -0.25) is 0 Å². The first-order chi connectivity index (χ1) is 9.88. The van der Waals surface area contributed by atoms with Gasteiger partial charge in [0.2, 0.25) is 0 Å². The van der Waals surface area contributed by atoms with Crippen molar-refractivity contribution in [3.63, 3.8) is 0 Å². The van der Waals surface area contributed by atoms with Gasteiger partial charge in [0.05, 0.1) is 0 Å². The fourth-order valence-corrected chi connectivity index (χ4v) is 3.20. The molecule has 0 unspecified atom stereocenters. The molecular weight excluding hydrogens is 266 g/mol. The minimum atomic E-state index is 0.630. The molecule has 1 saturated carbocycles. The van der Waals surface area contributed by atoms with E-state index in [1.165, 1.54) is 18.4 Å². The summed E-state index contributed by atoms with van der Waals surface area (Å²) in [6.07, 6.45) is 5.50. The third-order valence-electron chi connectivity index (χ3n) is 3.46. The molecule has 0 atom stereocenters. The molecule has 0 radical (unpaired) electrons. The van der Waals surface area contributed by atoms with Crippen molar-refractivity contribution in [2.24, 2.45) is 0 Å². The van der Waals surface area contributed by atoms with Gasteiger partial charge >= 0.3 is 0 Å². The molecule has 1 aliphatic carbocycles. The van der Waals surface area contributed by atoms with E-state index in [1.807, 2.05) is 6.08 Å². The number of nitrogens with zero attached hydrogens (tertiary/aromatic N) is 3. The van der Waals surface area contributed by atoms with Crippen LogP contribution in [-0.4, -0.2) is 20.5 Å². The van der Waals surface area contributed by atoms with Gasteiger partial charge in [-0.15, -0.1) is 16.8 Å². The molecule has 2 aromatic rings. The zero-order valence-corrected chi connectivity index (χ0v) is 12.4. The lowest BCUT2D eigenvalue weighted by Crippen LogP contribution is -2.03. The Labute approximate surface area is 124 Å². The van der Waals surface area contributed by atoms with Crippen LogP contribution in [0.25, 0.3) is 0 Å². The van der Waals surface area contributed by atoms with E-state index in [0.717, 1.165) is 29.7 Å². The van der Waals surface area contributed by atoms with Gasteiger partial charge in [-0.25, -0.2) is 0 Å². The Kier molecular flexibility index (Phi) is 4.21. The number of rotatable bonds is 7. The summed E-state index contributed by atoms with van der Waals surface area (Å²) in [4.78, 5) is 0. The Balaban J connectivity index is 1.63. The summed E-state index contributed by atoms with van der Waals surface area (Å²) >= 11 is 1.79. The maximum absolute atomic E-state index is 4.37. The van der Waals surface area contributed by atoms with E-state index in [1.54, 1.807) is 11.8 Å². The molecule has 0 aliphatic heterocycles. The molecule has 1 aliphatic rings. The molecule has 1 aromatic carbocycles. The van der Waals surface area contributed by atoms with Crippen molar-refractivity contribution >= 4 is 11.8 Å². The van der Waals surface area contributed by atoms with Crippen LogP contribution < -0.4 is 0 Å². The Morgan fingerprint density at radius 3 is 2.75 bits per heavy atom. The smallest absolute Gasteiger partial charge is 0.191 e. The van der Waals surface area contributed by atoms with Gasteiger partial charge in [0, 0.05) is 18.2 Å². The predicted octanol–water partition coefficient (Wildman–Crippen LogP) is 3.68. The molecule has 104 valence electrons. The molecule has 0 spiro atoms. The molecule has 3 nitrogen and oxygen atoms in total. The first-order valence-corrected chi connectivity index (χ1v) is 8.07. The normalized spacial score (nSPS) is 14.4. The maximum atomic E-state index is 4.37. The fraction of sp³-hybridized carbons (Fsp3) is 0.375. The number of aromatic nitrogens is 3. The lowest BCUT2D eigenvalue weighted by atomic mass is 10.2. The van der Waals surface area contributed by atoms with E-state index < -0.39 is 0 Å². The van der Waals surface area contributed by atoms with Crippen LogP contribution in [0.1, 0.15) is 30.1 Å². The number of allylic oxidation sites excluding steroid dienone is 1. The van der Waals surface area contributed by atoms with Crippen LogP contribution in [-0.2, 0) is 13.0 Å². The van der Waals surface area contributed by atoms with Gasteiger partial charge in [-0.1, -0.05) is 48.2 Å². The first-order valence-electron chi connectivity index (χ1n) is 7.09. The summed E-state index contributed by atoms with van der Waals surface area (Å²) in [5.74, 6) is 2.81. The van der Waals surface area contributed by atoms with Crippen LogP contribution in [0.5, 0.6) is 0 Å². The molecule has 4 heteroatoms. The van der Waals surface area contributed by atoms with E-state index in [-0.39, 0.29) is 0 Å². The summed E-state index contributed by atoms with van der Waals surface area (Å²) in [7, 11) is 0. The van der Waals surface area contributed by atoms with Crippen LogP contribution >= 0.6 is 11.8 Å². The molecular formula is C16H19N3S. The van der Waals surface area contributed by atoms with Crippen molar-refractivity contribution in [2.45, 2.75) is 36.9 Å². The quantitative estimate of drug-likeness (QED) is 0.574. The molecule has 0 N–H and O–H groups in total. The Morgan fingerprint density at radius 2 is 2.05 bits per heavy atom. The van der Waals surface area contributed by atoms with Crippen molar-refractivity contribution in [1.82, 2.24) is 14.8 Å². The third-order valence-corrected chi connectivity index (χ3v) is 4.43. The monoisotopic (exact) mass is 285 g/mol. The minimum Gasteiger partial charge on any atom is -0.302 e. The number of aryl methyl sites for hydroxylation is 1. The SMILES string of the molecule is C=CCn1c(SCCc2ccccc2)nnc1C1CC1. The topological polar surface area (TPSA) is 30.7 Å². The fourth-order valence-electron chi connectivity index (χ4n) is 2.26. The van der Waals surface area contributed by atoms with Crippen LogP contribution in [0.15, 0.2) is 48.1 Å². The number of thioether (sulfide) groups is 1. The summed E-state index contributed by atoms with van der Waals surface area (Å²) in [6, 6.07) is 10.6. The highest BCUT2D eigenvalue weighted by atomic mass is 32.2. The molecule has 1 heterocycles. The average molecular weight is 285 g/mol. The van der Waals surface area contributed by atoms with Gasteiger partial charge in [0.25, 0.3) is 0 Å². The van der Waals surface area contributed by atoms with Crippen LogP contribution in [0.3, 0.4) is 0 Å². The van der Waals surface area contributed by atoms with Gasteiger partial charge in [-0.2, -0.15) is 0 Å². The van der Waals surface area contributed by atoms with Crippen LogP contribution in [0.2, 0.25) is 0 Å². The maximum Gasteiger partial charge on any atom is 0.191 e. The minimum absolute atomic E-state index is 0.630. The zero-order valence-electron chi connectivity index (χ0n) is 11.5. The summed E-state index contributed by atoms with van der Waals surface area (Å²) < 4.78 is 2.22. The van der Waals surface area contributed by atoms with E-state index in [0.29, 0.717) is 5.92 Å².